The topological polar surface area (TPSA) is 54.0 Å². The minimum Gasteiger partial charge on any atom is -0.325 e. The van der Waals surface area contributed by atoms with Gasteiger partial charge < -0.3 is 10.6 Å². The highest BCUT2D eigenvalue weighted by Gasteiger charge is 2.29. The Kier molecular flexibility index (Phi) is 3.59. The van der Waals surface area contributed by atoms with Gasteiger partial charge in [-0.3, -0.25) is 9.78 Å². The summed E-state index contributed by atoms with van der Waals surface area (Å²) in [6.45, 7) is 2.93. The summed E-state index contributed by atoms with van der Waals surface area (Å²) >= 11 is 6.13. The number of pyridine rings is 1. The fourth-order valence-corrected chi connectivity index (χ4v) is 2.90. The standard InChI is InChI=1S/C15H16ClN3O/c1-9-10(6-8-17-9)15(20)19-13-5-4-12(16)14-11(13)3-2-7-18-14/h2-5,7,9-10,17H,6,8H2,1H3,(H,19,20). The van der Waals surface area contributed by atoms with Crippen molar-refractivity contribution >= 4 is 34.1 Å². The Balaban J connectivity index is 1.91. The summed E-state index contributed by atoms with van der Waals surface area (Å²) in [6, 6.07) is 7.57. The van der Waals surface area contributed by atoms with Crippen molar-refractivity contribution in [3.8, 4) is 0 Å². The highest BCUT2D eigenvalue weighted by atomic mass is 35.5. The molecule has 2 unspecified atom stereocenters. The van der Waals surface area contributed by atoms with Crippen LogP contribution in [0.15, 0.2) is 30.5 Å². The molecular formula is C15H16ClN3O. The van der Waals surface area contributed by atoms with Gasteiger partial charge in [-0.1, -0.05) is 11.6 Å². The molecule has 0 spiro atoms. The summed E-state index contributed by atoms with van der Waals surface area (Å²) in [5, 5.41) is 7.75. The molecule has 4 nitrogen and oxygen atoms in total. The SMILES string of the molecule is CC1NCCC1C(=O)Nc1ccc(Cl)c2ncccc12. The molecule has 1 aromatic heterocycles. The first kappa shape index (κ1) is 13.3. The minimum atomic E-state index is 0.0115. The van der Waals surface area contributed by atoms with E-state index in [-0.39, 0.29) is 17.9 Å². The number of carbonyl (C=O) groups excluding carboxylic acids is 1. The monoisotopic (exact) mass is 289 g/mol. The lowest BCUT2D eigenvalue weighted by atomic mass is 10.0. The second kappa shape index (κ2) is 5.38. The molecule has 20 heavy (non-hydrogen) atoms. The van der Waals surface area contributed by atoms with E-state index in [4.69, 9.17) is 11.6 Å². The molecule has 1 amide bonds. The second-order valence-corrected chi connectivity index (χ2v) is 5.53. The molecule has 1 aliphatic rings. The number of hydrogen-bond acceptors (Lipinski definition) is 3. The van der Waals surface area contributed by atoms with E-state index in [2.05, 4.69) is 15.6 Å². The number of aromatic nitrogens is 1. The Morgan fingerprint density at radius 1 is 1.45 bits per heavy atom. The van der Waals surface area contributed by atoms with Gasteiger partial charge in [0.05, 0.1) is 22.1 Å². The maximum Gasteiger partial charge on any atom is 0.229 e. The highest BCUT2D eigenvalue weighted by Crippen LogP contribution is 2.29. The molecule has 1 aliphatic heterocycles. The molecule has 2 N–H and O–H groups in total. The molecular weight excluding hydrogens is 274 g/mol. The van der Waals surface area contributed by atoms with Crippen LogP contribution in [-0.4, -0.2) is 23.5 Å². The molecule has 104 valence electrons. The summed E-state index contributed by atoms with van der Waals surface area (Å²) < 4.78 is 0. The third-order valence-electron chi connectivity index (χ3n) is 3.84. The second-order valence-electron chi connectivity index (χ2n) is 5.12. The number of benzene rings is 1. The van der Waals surface area contributed by atoms with Crippen molar-refractivity contribution in [1.82, 2.24) is 10.3 Å². The first-order chi connectivity index (χ1) is 9.66. The van der Waals surface area contributed by atoms with Crippen LogP contribution >= 0.6 is 11.6 Å². The zero-order valence-electron chi connectivity index (χ0n) is 11.2. The van der Waals surface area contributed by atoms with Crippen LogP contribution in [0.2, 0.25) is 5.02 Å². The molecule has 5 heteroatoms. The van der Waals surface area contributed by atoms with Crippen LogP contribution in [0.5, 0.6) is 0 Å². The van der Waals surface area contributed by atoms with E-state index in [1.165, 1.54) is 0 Å². The van der Waals surface area contributed by atoms with Gasteiger partial charge in [0, 0.05) is 17.6 Å². The smallest absolute Gasteiger partial charge is 0.229 e. The lowest BCUT2D eigenvalue weighted by Crippen LogP contribution is -2.32. The molecule has 3 rings (SSSR count). The summed E-state index contributed by atoms with van der Waals surface area (Å²) in [5.74, 6) is 0.0624. The Bertz CT molecular complexity index is 659. The molecule has 1 aromatic carbocycles. The number of amides is 1. The van der Waals surface area contributed by atoms with Crippen molar-refractivity contribution in [2.75, 3.05) is 11.9 Å². The first-order valence-corrected chi connectivity index (χ1v) is 7.12. The van der Waals surface area contributed by atoms with Crippen LogP contribution in [0.25, 0.3) is 10.9 Å². The van der Waals surface area contributed by atoms with Crippen LogP contribution in [0.3, 0.4) is 0 Å². The first-order valence-electron chi connectivity index (χ1n) is 6.74. The molecule has 2 aromatic rings. The summed E-state index contributed by atoms with van der Waals surface area (Å²) in [6.07, 6.45) is 2.57. The van der Waals surface area contributed by atoms with E-state index in [0.717, 1.165) is 24.0 Å². The van der Waals surface area contributed by atoms with Crippen molar-refractivity contribution < 1.29 is 4.79 Å². The van der Waals surface area contributed by atoms with Gasteiger partial charge >= 0.3 is 0 Å². The fourth-order valence-electron chi connectivity index (χ4n) is 2.69. The molecule has 0 radical (unpaired) electrons. The zero-order chi connectivity index (χ0) is 14.1. The Morgan fingerprint density at radius 2 is 2.30 bits per heavy atom. The van der Waals surface area contributed by atoms with Crippen LogP contribution in [-0.2, 0) is 4.79 Å². The van der Waals surface area contributed by atoms with Crippen LogP contribution in [0, 0.1) is 5.92 Å². The van der Waals surface area contributed by atoms with Crippen LogP contribution in [0.1, 0.15) is 13.3 Å². The number of nitrogens with one attached hydrogen (secondary N) is 2. The number of anilines is 1. The van der Waals surface area contributed by atoms with Gasteiger partial charge in [0.1, 0.15) is 0 Å². The molecule has 0 bridgehead atoms. The molecule has 2 atom stereocenters. The van der Waals surface area contributed by atoms with Gasteiger partial charge in [-0.2, -0.15) is 0 Å². The summed E-state index contributed by atoms with van der Waals surface area (Å²) in [4.78, 5) is 16.6. The number of carbonyl (C=O) groups is 1. The van der Waals surface area contributed by atoms with E-state index in [1.54, 1.807) is 12.3 Å². The van der Waals surface area contributed by atoms with Crippen molar-refractivity contribution in [3.05, 3.63) is 35.5 Å². The van der Waals surface area contributed by atoms with Gasteiger partial charge in [-0.05, 0) is 44.2 Å². The van der Waals surface area contributed by atoms with E-state index >= 15 is 0 Å². The predicted octanol–water partition coefficient (Wildman–Crippen LogP) is 2.82. The molecule has 0 aliphatic carbocycles. The highest BCUT2D eigenvalue weighted by molar-refractivity contribution is 6.35. The molecule has 0 saturated carbocycles. The zero-order valence-corrected chi connectivity index (χ0v) is 11.9. The number of nitrogens with zero attached hydrogens (tertiary/aromatic N) is 1. The van der Waals surface area contributed by atoms with Crippen molar-refractivity contribution in [1.29, 1.82) is 0 Å². The molecule has 2 heterocycles. The lowest BCUT2D eigenvalue weighted by molar-refractivity contribution is -0.119. The van der Waals surface area contributed by atoms with Gasteiger partial charge in [-0.25, -0.2) is 0 Å². The largest absolute Gasteiger partial charge is 0.325 e. The number of fused-ring (bicyclic) bond motifs is 1. The summed E-state index contributed by atoms with van der Waals surface area (Å²) in [7, 11) is 0. The lowest BCUT2D eigenvalue weighted by Gasteiger charge is -2.16. The maximum absolute atomic E-state index is 12.3. The van der Waals surface area contributed by atoms with Gasteiger partial charge in [-0.15, -0.1) is 0 Å². The third kappa shape index (κ3) is 2.37. The molecule has 1 fully saturated rings. The third-order valence-corrected chi connectivity index (χ3v) is 4.15. The van der Waals surface area contributed by atoms with Crippen LogP contribution in [0.4, 0.5) is 5.69 Å². The Morgan fingerprint density at radius 3 is 3.05 bits per heavy atom. The normalized spacial score (nSPS) is 22.1. The number of hydrogen-bond donors (Lipinski definition) is 2. The van der Waals surface area contributed by atoms with Crippen molar-refractivity contribution in [2.45, 2.75) is 19.4 Å². The van der Waals surface area contributed by atoms with E-state index in [1.807, 2.05) is 25.1 Å². The van der Waals surface area contributed by atoms with E-state index in [9.17, 15) is 4.79 Å². The Hall–Kier alpha value is -1.65. The number of halogens is 1. The van der Waals surface area contributed by atoms with Gasteiger partial charge in [0.25, 0.3) is 0 Å². The van der Waals surface area contributed by atoms with Gasteiger partial charge in [0.2, 0.25) is 5.91 Å². The van der Waals surface area contributed by atoms with Crippen molar-refractivity contribution in [3.63, 3.8) is 0 Å². The average molecular weight is 290 g/mol. The van der Waals surface area contributed by atoms with Crippen LogP contribution < -0.4 is 10.6 Å². The quantitative estimate of drug-likeness (QED) is 0.894. The minimum absolute atomic E-state index is 0.0115. The maximum atomic E-state index is 12.3. The number of rotatable bonds is 2. The van der Waals surface area contributed by atoms with E-state index < -0.39 is 0 Å². The fraction of sp³-hybridized carbons (Fsp3) is 0.333. The Labute approximate surface area is 122 Å². The van der Waals surface area contributed by atoms with Crippen molar-refractivity contribution in [2.24, 2.45) is 5.92 Å². The summed E-state index contributed by atoms with van der Waals surface area (Å²) in [5.41, 5.74) is 1.48. The van der Waals surface area contributed by atoms with E-state index in [0.29, 0.717) is 10.5 Å². The molecule has 1 saturated heterocycles. The predicted molar refractivity (Wildman–Crippen MR) is 81.0 cm³/mol. The van der Waals surface area contributed by atoms with Gasteiger partial charge in [0.15, 0.2) is 0 Å². The average Bonchev–Trinajstić information content (AvgIpc) is 2.88.